The van der Waals surface area contributed by atoms with Crippen LogP contribution in [0.1, 0.15) is 35.2 Å². The molecular weight excluding hydrogens is 408 g/mol. The van der Waals surface area contributed by atoms with Crippen LogP contribution in [-0.4, -0.2) is 26.0 Å². The Morgan fingerprint density at radius 2 is 2.10 bits per heavy atom. The molecule has 0 spiro atoms. The highest BCUT2D eigenvalue weighted by Crippen LogP contribution is 2.44. The van der Waals surface area contributed by atoms with Crippen LogP contribution in [0.5, 0.6) is 5.75 Å². The first-order valence-corrected chi connectivity index (χ1v) is 10.2. The van der Waals surface area contributed by atoms with Gasteiger partial charge < -0.3 is 4.74 Å². The highest BCUT2D eigenvalue weighted by atomic mass is 79.9. The molecule has 3 nitrogen and oxygen atoms in total. The third-order valence-corrected chi connectivity index (χ3v) is 8.26. The van der Waals surface area contributed by atoms with Gasteiger partial charge in [0, 0.05) is 16.5 Å². The van der Waals surface area contributed by atoms with Gasteiger partial charge in [0.1, 0.15) is 5.75 Å². The average Bonchev–Trinajstić information content (AvgIpc) is 2.84. The fourth-order valence-corrected chi connectivity index (χ4v) is 7.07. The first kappa shape index (κ1) is 14.9. The largest absolute Gasteiger partial charge is 0.493 e. The summed E-state index contributed by atoms with van der Waals surface area (Å²) < 4.78 is 31.3. The van der Waals surface area contributed by atoms with Crippen molar-refractivity contribution in [3.8, 4) is 5.75 Å². The van der Waals surface area contributed by atoms with Crippen LogP contribution in [0, 0.1) is 0 Å². The highest BCUT2D eigenvalue weighted by Gasteiger charge is 2.37. The number of benzene rings is 1. The van der Waals surface area contributed by atoms with Crippen molar-refractivity contribution >= 4 is 41.7 Å². The predicted molar refractivity (Wildman–Crippen MR) is 86.4 cm³/mol. The minimum absolute atomic E-state index is 0.197. The van der Waals surface area contributed by atoms with E-state index in [4.69, 9.17) is 4.74 Å². The van der Waals surface area contributed by atoms with Gasteiger partial charge in [-0.1, -0.05) is 38.3 Å². The first-order valence-electron chi connectivity index (χ1n) is 6.80. The number of hydrogen-bond donors (Lipinski definition) is 0. The summed E-state index contributed by atoms with van der Waals surface area (Å²) in [6.45, 7) is 0.677. The standard InChI is InChI=1S/C14H16Br2O3S/c15-10-7-9-4-5-19-14(9)11(8-10)13(16)12-3-1-2-6-20(12,17)18/h7-8,12-13H,1-6H2. The Bertz CT molecular complexity index is 628. The molecule has 1 fully saturated rings. The Hall–Kier alpha value is -0.0700. The summed E-state index contributed by atoms with van der Waals surface area (Å²) in [5.41, 5.74) is 2.12. The lowest BCUT2D eigenvalue weighted by molar-refractivity contribution is 0.352. The van der Waals surface area contributed by atoms with E-state index in [0.29, 0.717) is 12.4 Å². The summed E-state index contributed by atoms with van der Waals surface area (Å²) in [5.74, 6) is 1.17. The SMILES string of the molecule is O=S1(=O)CCCCC1C(Br)c1cc(Br)cc2c1OCC2. The van der Waals surface area contributed by atoms with E-state index in [0.717, 1.165) is 47.0 Å². The summed E-state index contributed by atoms with van der Waals surface area (Å²) in [6, 6.07) is 4.04. The van der Waals surface area contributed by atoms with Gasteiger partial charge in [-0.25, -0.2) is 8.42 Å². The number of ether oxygens (including phenoxy) is 1. The lowest BCUT2D eigenvalue weighted by atomic mass is 10.0. The summed E-state index contributed by atoms with van der Waals surface area (Å²) in [5, 5.41) is -0.348. The van der Waals surface area contributed by atoms with Gasteiger partial charge in [0.2, 0.25) is 0 Å². The molecule has 0 bridgehead atoms. The average molecular weight is 424 g/mol. The molecule has 3 rings (SSSR count). The fraction of sp³-hybridized carbons (Fsp3) is 0.571. The van der Waals surface area contributed by atoms with Crippen LogP contribution in [0.25, 0.3) is 0 Å². The topological polar surface area (TPSA) is 43.4 Å². The van der Waals surface area contributed by atoms with E-state index in [1.807, 2.05) is 6.07 Å². The first-order chi connectivity index (χ1) is 9.49. The molecule has 1 saturated heterocycles. The Morgan fingerprint density at radius 1 is 1.30 bits per heavy atom. The zero-order chi connectivity index (χ0) is 14.3. The van der Waals surface area contributed by atoms with Crippen LogP contribution in [0.3, 0.4) is 0 Å². The van der Waals surface area contributed by atoms with Gasteiger partial charge in [-0.3, -0.25) is 0 Å². The number of alkyl halides is 1. The maximum Gasteiger partial charge on any atom is 0.154 e. The van der Waals surface area contributed by atoms with Gasteiger partial charge in [0.05, 0.1) is 22.4 Å². The molecule has 2 atom stereocenters. The summed E-state index contributed by atoms with van der Waals surface area (Å²) in [6.07, 6.45) is 3.37. The van der Waals surface area contributed by atoms with Crippen LogP contribution in [0.2, 0.25) is 0 Å². The maximum atomic E-state index is 12.3. The van der Waals surface area contributed by atoms with Crippen molar-refractivity contribution in [2.45, 2.75) is 35.8 Å². The zero-order valence-corrected chi connectivity index (χ0v) is 14.9. The van der Waals surface area contributed by atoms with Gasteiger partial charge in [-0.15, -0.1) is 0 Å². The minimum atomic E-state index is -3.02. The third kappa shape index (κ3) is 2.66. The molecule has 2 heterocycles. The molecule has 20 heavy (non-hydrogen) atoms. The lowest BCUT2D eigenvalue weighted by Gasteiger charge is -2.27. The monoisotopic (exact) mass is 422 g/mol. The van der Waals surface area contributed by atoms with E-state index in [2.05, 4.69) is 37.9 Å². The maximum absolute atomic E-state index is 12.3. The van der Waals surface area contributed by atoms with Crippen LogP contribution in [0.15, 0.2) is 16.6 Å². The molecule has 0 saturated carbocycles. The molecule has 6 heteroatoms. The second kappa shape index (κ2) is 5.61. The Balaban J connectivity index is 2.01. The van der Waals surface area contributed by atoms with E-state index in [9.17, 15) is 8.42 Å². The van der Waals surface area contributed by atoms with Gasteiger partial charge in [0.25, 0.3) is 0 Å². The molecule has 2 aliphatic heterocycles. The molecular formula is C14H16Br2O3S. The molecule has 0 amide bonds. The van der Waals surface area contributed by atoms with Crippen LogP contribution in [-0.2, 0) is 16.3 Å². The smallest absolute Gasteiger partial charge is 0.154 e. The number of hydrogen-bond acceptors (Lipinski definition) is 3. The van der Waals surface area contributed by atoms with Crippen molar-refractivity contribution in [3.05, 3.63) is 27.7 Å². The van der Waals surface area contributed by atoms with Gasteiger partial charge in [-0.2, -0.15) is 0 Å². The number of rotatable bonds is 2. The molecule has 0 N–H and O–H groups in total. The number of fused-ring (bicyclic) bond motifs is 1. The van der Waals surface area contributed by atoms with Crippen LogP contribution >= 0.6 is 31.9 Å². The molecule has 110 valence electrons. The van der Waals surface area contributed by atoms with Crippen molar-refractivity contribution < 1.29 is 13.2 Å². The van der Waals surface area contributed by atoms with Crippen LogP contribution < -0.4 is 4.74 Å². The molecule has 2 unspecified atom stereocenters. The minimum Gasteiger partial charge on any atom is -0.493 e. The number of halogens is 2. The molecule has 1 aromatic rings. The van der Waals surface area contributed by atoms with Crippen molar-refractivity contribution in [2.24, 2.45) is 0 Å². The van der Waals surface area contributed by atoms with E-state index in [-0.39, 0.29) is 10.1 Å². The highest BCUT2D eigenvalue weighted by molar-refractivity contribution is 9.10. The molecule has 0 aromatic heterocycles. The summed E-state index contributed by atoms with van der Waals surface area (Å²) in [4.78, 5) is -0.197. The van der Waals surface area contributed by atoms with Gasteiger partial charge in [0.15, 0.2) is 9.84 Å². The lowest BCUT2D eigenvalue weighted by Crippen LogP contribution is -2.31. The zero-order valence-electron chi connectivity index (χ0n) is 10.9. The number of sulfone groups is 1. The van der Waals surface area contributed by atoms with Gasteiger partial charge in [-0.05, 0) is 30.5 Å². The van der Waals surface area contributed by atoms with E-state index in [1.54, 1.807) is 0 Å². The Labute approximate surface area is 136 Å². The molecule has 2 aliphatic rings. The van der Waals surface area contributed by atoms with Crippen molar-refractivity contribution in [2.75, 3.05) is 12.4 Å². The second-order valence-electron chi connectivity index (χ2n) is 5.38. The Kier molecular flexibility index (Phi) is 4.17. The van der Waals surface area contributed by atoms with E-state index in [1.165, 1.54) is 0 Å². The third-order valence-electron chi connectivity index (χ3n) is 4.03. The van der Waals surface area contributed by atoms with E-state index < -0.39 is 9.84 Å². The molecule has 0 radical (unpaired) electrons. The van der Waals surface area contributed by atoms with Crippen molar-refractivity contribution in [3.63, 3.8) is 0 Å². The van der Waals surface area contributed by atoms with Crippen LogP contribution in [0.4, 0.5) is 0 Å². The van der Waals surface area contributed by atoms with Crippen molar-refractivity contribution in [1.82, 2.24) is 0 Å². The summed E-state index contributed by atoms with van der Waals surface area (Å²) in [7, 11) is -3.02. The normalized spacial score (nSPS) is 25.8. The fourth-order valence-electron chi connectivity index (χ4n) is 3.01. The molecule has 0 aliphatic carbocycles. The summed E-state index contributed by atoms with van der Waals surface area (Å²) >= 11 is 7.14. The van der Waals surface area contributed by atoms with Crippen molar-refractivity contribution in [1.29, 1.82) is 0 Å². The quantitative estimate of drug-likeness (QED) is 0.679. The second-order valence-corrected chi connectivity index (χ2v) is 9.63. The Morgan fingerprint density at radius 3 is 2.85 bits per heavy atom. The van der Waals surface area contributed by atoms with E-state index >= 15 is 0 Å². The van der Waals surface area contributed by atoms with Gasteiger partial charge >= 0.3 is 0 Å². The molecule has 1 aromatic carbocycles. The predicted octanol–water partition coefficient (Wildman–Crippen LogP) is 3.79.